The molecule has 2 aromatic heterocycles. The van der Waals surface area contributed by atoms with E-state index in [1.807, 2.05) is 34.5 Å². The van der Waals surface area contributed by atoms with Crippen molar-refractivity contribution < 1.29 is 37.3 Å². The summed E-state index contributed by atoms with van der Waals surface area (Å²) >= 11 is 1.50. The van der Waals surface area contributed by atoms with E-state index >= 15 is 0 Å². The maximum Gasteiger partial charge on any atom is 0.490 e. The summed E-state index contributed by atoms with van der Waals surface area (Å²) in [7, 11) is 0. The third-order valence-corrected chi connectivity index (χ3v) is 6.27. The summed E-state index contributed by atoms with van der Waals surface area (Å²) in [5.74, 6) is -1.87. The molecular weight excluding hydrogens is 449 g/mol. The van der Waals surface area contributed by atoms with Gasteiger partial charge in [-0.25, -0.2) is 4.79 Å². The number of carbonyl (C=O) groups excluding carboxylic acids is 1. The molecule has 4 rings (SSSR count). The Balaban J connectivity index is 0.000000360. The number of carboxylic acid groups (broad SMARTS) is 1. The number of aromatic nitrogens is 1. The van der Waals surface area contributed by atoms with Crippen LogP contribution in [-0.2, 0) is 9.53 Å². The average molecular weight is 472 g/mol. The van der Waals surface area contributed by atoms with E-state index in [1.54, 1.807) is 12.4 Å². The fourth-order valence-electron chi connectivity index (χ4n) is 3.89. The van der Waals surface area contributed by atoms with Crippen molar-refractivity contribution in [2.75, 3.05) is 26.3 Å². The Labute approximate surface area is 186 Å². The molecule has 32 heavy (non-hydrogen) atoms. The summed E-state index contributed by atoms with van der Waals surface area (Å²) in [5.41, 5.74) is -0.140. The minimum absolute atomic E-state index is 0.125. The van der Waals surface area contributed by atoms with Crippen molar-refractivity contribution in [2.24, 2.45) is 5.41 Å². The molecule has 0 aliphatic carbocycles. The van der Waals surface area contributed by atoms with Gasteiger partial charge < -0.3 is 19.5 Å². The Kier molecular flexibility index (Phi) is 7.73. The zero-order valence-electron chi connectivity index (χ0n) is 17.1. The normalized spacial score (nSPS) is 22.8. The van der Waals surface area contributed by atoms with Gasteiger partial charge in [-0.05, 0) is 42.8 Å². The van der Waals surface area contributed by atoms with Crippen LogP contribution in [0.2, 0.25) is 0 Å². The third-order valence-electron chi connectivity index (χ3n) is 5.41. The number of pyridine rings is 1. The van der Waals surface area contributed by atoms with Gasteiger partial charge in [0.15, 0.2) is 0 Å². The van der Waals surface area contributed by atoms with Crippen LogP contribution in [0.4, 0.5) is 13.2 Å². The fraction of sp³-hybridized carbons (Fsp3) is 0.476. The van der Waals surface area contributed by atoms with Crippen LogP contribution in [0.3, 0.4) is 0 Å². The number of piperidine rings is 1. The number of ether oxygens (including phenoxy) is 2. The monoisotopic (exact) mass is 472 g/mol. The molecule has 7 nitrogen and oxygen atoms in total. The van der Waals surface area contributed by atoms with Crippen molar-refractivity contribution in [1.29, 1.82) is 0 Å². The highest BCUT2D eigenvalue weighted by atomic mass is 32.1. The topological polar surface area (TPSA) is 89.0 Å². The molecule has 0 bridgehead atoms. The first kappa shape index (κ1) is 24.0. The van der Waals surface area contributed by atoms with Crippen LogP contribution < -0.4 is 4.74 Å². The minimum Gasteiger partial charge on any atom is -0.491 e. The standard InChI is InChI=1S/C19H22N2O3S.C2HF3O2/c22-18(16-5-2-11-25-16)21-9-6-17-19(13-21,7-3-10-23-17)14-24-15-4-1-8-20-12-15;3-2(4,5)1(6)7/h1-2,4-5,8,11-12,17H,3,6-7,9-10,13-14H2;(H,6,7). The molecule has 1 N–H and O–H groups in total. The molecule has 11 heteroatoms. The quantitative estimate of drug-likeness (QED) is 0.727. The van der Waals surface area contributed by atoms with E-state index in [4.69, 9.17) is 19.4 Å². The Morgan fingerprint density at radius 3 is 2.75 bits per heavy atom. The van der Waals surface area contributed by atoms with Crippen molar-refractivity contribution in [3.8, 4) is 5.75 Å². The van der Waals surface area contributed by atoms with Gasteiger partial charge in [0.2, 0.25) is 0 Å². The van der Waals surface area contributed by atoms with Gasteiger partial charge in [-0.1, -0.05) is 6.07 Å². The van der Waals surface area contributed by atoms with Crippen LogP contribution in [0.5, 0.6) is 5.75 Å². The summed E-state index contributed by atoms with van der Waals surface area (Å²) in [6, 6.07) is 7.61. The Bertz CT molecular complexity index is 895. The molecule has 0 spiro atoms. The van der Waals surface area contributed by atoms with E-state index in [1.165, 1.54) is 11.3 Å². The molecule has 2 unspecified atom stereocenters. The zero-order valence-corrected chi connectivity index (χ0v) is 17.9. The van der Waals surface area contributed by atoms with Gasteiger partial charge in [0, 0.05) is 31.3 Å². The molecule has 0 saturated carbocycles. The molecule has 2 aromatic rings. The number of carbonyl (C=O) groups is 2. The van der Waals surface area contributed by atoms with Gasteiger partial charge in [-0.2, -0.15) is 13.2 Å². The Morgan fingerprint density at radius 2 is 2.12 bits per heavy atom. The molecule has 2 atom stereocenters. The molecule has 4 heterocycles. The SMILES string of the molecule is O=C(O)C(F)(F)F.O=C(c1cccs1)N1CCC2OCCCC2(COc2cccnc2)C1. The predicted octanol–water partition coefficient (Wildman–Crippen LogP) is 3.87. The maximum absolute atomic E-state index is 12.8. The summed E-state index contributed by atoms with van der Waals surface area (Å²) in [4.78, 5) is 28.6. The number of hydrogen-bond donors (Lipinski definition) is 1. The Hall–Kier alpha value is -2.66. The van der Waals surface area contributed by atoms with E-state index in [0.717, 1.165) is 43.0 Å². The molecular formula is C21H23F3N2O5S. The number of aliphatic carboxylic acids is 1. The lowest BCUT2D eigenvalue weighted by Crippen LogP contribution is -2.58. The lowest BCUT2D eigenvalue weighted by Gasteiger charge is -2.50. The number of halogens is 3. The van der Waals surface area contributed by atoms with Crippen LogP contribution >= 0.6 is 11.3 Å². The molecule has 2 fully saturated rings. The van der Waals surface area contributed by atoms with Gasteiger partial charge in [0.1, 0.15) is 5.75 Å². The van der Waals surface area contributed by atoms with Crippen LogP contribution in [-0.4, -0.2) is 65.5 Å². The minimum atomic E-state index is -5.08. The highest BCUT2D eigenvalue weighted by molar-refractivity contribution is 7.12. The van der Waals surface area contributed by atoms with Crippen molar-refractivity contribution in [3.05, 3.63) is 46.9 Å². The number of rotatable bonds is 4. The van der Waals surface area contributed by atoms with Crippen LogP contribution in [0.1, 0.15) is 28.9 Å². The lowest BCUT2D eigenvalue weighted by atomic mass is 9.73. The van der Waals surface area contributed by atoms with E-state index in [9.17, 15) is 18.0 Å². The summed E-state index contributed by atoms with van der Waals surface area (Å²) in [6.07, 6.45) is 1.44. The molecule has 2 saturated heterocycles. The first-order valence-corrected chi connectivity index (χ1v) is 10.9. The van der Waals surface area contributed by atoms with Crippen molar-refractivity contribution in [2.45, 2.75) is 31.5 Å². The van der Waals surface area contributed by atoms with E-state index in [2.05, 4.69) is 4.98 Å². The van der Waals surface area contributed by atoms with Crippen LogP contribution in [0, 0.1) is 5.41 Å². The number of nitrogens with zero attached hydrogens (tertiary/aromatic N) is 2. The number of carboxylic acids is 1. The molecule has 0 aromatic carbocycles. The van der Waals surface area contributed by atoms with Gasteiger partial charge >= 0.3 is 12.1 Å². The predicted molar refractivity (Wildman–Crippen MR) is 110 cm³/mol. The molecule has 174 valence electrons. The third kappa shape index (κ3) is 5.98. The fourth-order valence-corrected chi connectivity index (χ4v) is 4.58. The largest absolute Gasteiger partial charge is 0.491 e. The van der Waals surface area contributed by atoms with Crippen molar-refractivity contribution >= 4 is 23.2 Å². The molecule has 2 aliphatic heterocycles. The van der Waals surface area contributed by atoms with Crippen LogP contribution in [0.25, 0.3) is 0 Å². The highest BCUT2D eigenvalue weighted by Crippen LogP contribution is 2.41. The summed E-state index contributed by atoms with van der Waals surface area (Å²) in [5, 5.41) is 9.07. The van der Waals surface area contributed by atoms with Gasteiger partial charge in [0.05, 0.1) is 23.8 Å². The first-order chi connectivity index (χ1) is 15.2. The van der Waals surface area contributed by atoms with Crippen LogP contribution in [0.15, 0.2) is 42.0 Å². The van der Waals surface area contributed by atoms with E-state index in [0.29, 0.717) is 13.2 Å². The van der Waals surface area contributed by atoms with Gasteiger partial charge in [0.25, 0.3) is 5.91 Å². The smallest absolute Gasteiger partial charge is 0.490 e. The second-order valence-electron chi connectivity index (χ2n) is 7.60. The number of hydrogen-bond acceptors (Lipinski definition) is 6. The zero-order chi connectivity index (χ0) is 23.2. The van der Waals surface area contributed by atoms with E-state index < -0.39 is 12.1 Å². The number of alkyl halides is 3. The maximum atomic E-state index is 12.8. The second-order valence-corrected chi connectivity index (χ2v) is 8.55. The number of fused-ring (bicyclic) bond motifs is 1. The number of thiophene rings is 1. The number of likely N-dealkylation sites (tertiary alicyclic amines) is 1. The van der Waals surface area contributed by atoms with E-state index in [-0.39, 0.29) is 17.4 Å². The van der Waals surface area contributed by atoms with Gasteiger partial charge in [-0.15, -0.1) is 11.3 Å². The van der Waals surface area contributed by atoms with Crippen molar-refractivity contribution in [3.63, 3.8) is 0 Å². The summed E-state index contributed by atoms with van der Waals surface area (Å²) < 4.78 is 43.8. The molecule has 2 aliphatic rings. The van der Waals surface area contributed by atoms with Gasteiger partial charge in [-0.3, -0.25) is 9.78 Å². The second kappa shape index (κ2) is 10.3. The number of amides is 1. The molecule has 1 amide bonds. The van der Waals surface area contributed by atoms with Crippen molar-refractivity contribution in [1.82, 2.24) is 9.88 Å². The highest BCUT2D eigenvalue weighted by Gasteiger charge is 2.48. The summed E-state index contributed by atoms with van der Waals surface area (Å²) in [6.45, 7) is 2.79. The first-order valence-electron chi connectivity index (χ1n) is 9.99. The average Bonchev–Trinajstić information content (AvgIpc) is 3.32. The molecule has 0 radical (unpaired) electrons. The Morgan fingerprint density at radius 1 is 1.34 bits per heavy atom. The lowest BCUT2D eigenvalue weighted by molar-refractivity contribution is -0.192.